The van der Waals surface area contributed by atoms with E-state index < -0.39 is 0 Å². The van der Waals surface area contributed by atoms with Crippen LogP contribution in [-0.2, 0) is 17.6 Å². The van der Waals surface area contributed by atoms with E-state index in [1.165, 1.54) is 17.5 Å². The van der Waals surface area contributed by atoms with Gasteiger partial charge in [-0.3, -0.25) is 0 Å². The Balaban J connectivity index is 1.85. The molecule has 1 aromatic rings. The lowest BCUT2D eigenvalue weighted by atomic mass is 9.76. The molecular formula is C17H24BrNO2. The second-order valence-corrected chi connectivity index (χ2v) is 7.18. The van der Waals surface area contributed by atoms with Gasteiger partial charge in [-0.2, -0.15) is 0 Å². The smallest absolute Gasteiger partial charge is 0.125 e. The third kappa shape index (κ3) is 3.43. The zero-order chi connectivity index (χ0) is 14.7. The Kier molecular flexibility index (Phi) is 4.87. The maximum Gasteiger partial charge on any atom is 0.125 e. The minimum Gasteiger partial charge on any atom is -0.493 e. The highest BCUT2D eigenvalue weighted by Crippen LogP contribution is 2.39. The number of nitrogens with one attached hydrogen (secondary N) is 1. The summed E-state index contributed by atoms with van der Waals surface area (Å²) in [6.07, 6.45) is 4.43. The molecule has 0 saturated carbocycles. The number of benzene rings is 1. The molecule has 1 fully saturated rings. The average molecular weight is 354 g/mol. The number of hydrogen-bond acceptors (Lipinski definition) is 3. The minimum atomic E-state index is 0.203. The predicted octanol–water partition coefficient (Wildman–Crippen LogP) is 3.33. The van der Waals surface area contributed by atoms with Crippen molar-refractivity contribution >= 4 is 15.9 Å². The van der Waals surface area contributed by atoms with Crippen molar-refractivity contribution in [3.05, 3.63) is 27.7 Å². The van der Waals surface area contributed by atoms with Gasteiger partial charge in [-0.15, -0.1) is 0 Å². The van der Waals surface area contributed by atoms with Gasteiger partial charge >= 0.3 is 0 Å². The maximum absolute atomic E-state index is 5.89. The van der Waals surface area contributed by atoms with Crippen molar-refractivity contribution < 1.29 is 9.47 Å². The van der Waals surface area contributed by atoms with Gasteiger partial charge in [0.2, 0.25) is 0 Å². The molecule has 0 aliphatic carbocycles. The first-order valence-electron chi connectivity index (χ1n) is 7.95. The van der Waals surface area contributed by atoms with Crippen molar-refractivity contribution in [3.8, 4) is 5.75 Å². The van der Waals surface area contributed by atoms with E-state index in [2.05, 4.69) is 40.3 Å². The number of hydrogen-bond donors (Lipinski definition) is 1. The molecule has 0 amide bonds. The fraction of sp³-hybridized carbons (Fsp3) is 0.647. The number of fused-ring (bicyclic) bond motifs is 1. The van der Waals surface area contributed by atoms with Gasteiger partial charge < -0.3 is 14.8 Å². The van der Waals surface area contributed by atoms with Gasteiger partial charge in [0.1, 0.15) is 5.75 Å². The third-order valence-corrected chi connectivity index (χ3v) is 5.00. The molecule has 1 saturated heterocycles. The zero-order valence-corrected chi connectivity index (χ0v) is 14.3. The van der Waals surface area contributed by atoms with E-state index in [4.69, 9.17) is 9.47 Å². The number of rotatable bonds is 5. The summed E-state index contributed by atoms with van der Waals surface area (Å²) in [6.45, 7) is 6.76. The van der Waals surface area contributed by atoms with Crippen molar-refractivity contribution in [2.75, 3.05) is 32.9 Å². The maximum atomic E-state index is 5.89. The van der Waals surface area contributed by atoms with Crippen molar-refractivity contribution in [2.45, 2.75) is 32.6 Å². The summed E-state index contributed by atoms with van der Waals surface area (Å²) in [5.74, 6) is 1.12. The van der Waals surface area contributed by atoms with Crippen LogP contribution in [0.25, 0.3) is 0 Å². The molecule has 1 aromatic carbocycles. The Morgan fingerprint density at radius 3 is 3.00 bits per heavy atom. The molecule has 0 radical (unpaired) electrons. The van der Waals surface area contributed by atoms with Crippen LogP contribution in [0, 0.1) is 5.41 Å². The monoisotopic (exact) mass is 353 g/mol. The normalized spacial score (nSPS) is 24.7. The molecule has 0 spiro atoms. The number of ether oxygens (including phenoxy) is 2. The van der Waals surface area contributed by atoms with E-state index in [9.17, 15) is 0 Å². The lowest BCUT2D eigenvalue weighted by Crippen LogP contribution is -2.42. The van der Waals surface area contributed by atoms with Crippen molar-refractivity contribution in [2.24, 2.45) is 5.41 Å². The van der Waals surface area contributed by atoms with Gasteiger partial charge in [-0.1, -0.05) is 22.9 Å². The summed E-state index contributed by atoms with van der Waals surface area (Å²) in [7, 11) is 0. The van der Waals surface area contributed by atoms with Crippen LogP contribution >= 0.6 is 15.9 Å². The van der Waals surface area contributed by atoms with Crippen LogP contribution in [0.3, 0.4) is 0 Å². The topological polar surface area (TPSA) is 30.5 Å². The molecule has 2 aliphatic heterocycles. The minimum absolute atomic E-state index is 0.203. The van der Waals surface area contributed by atoms with E-state index >= 15 is 0 Å². The molecule has 21 heavy (non-hydrogen) atoms. The molecule has 1 atom stereocenters. The Bertz CT molecular complexity index is 498. The van der Waals surface area contributed by atoms with Crippen LogP contribution < -0.4 is 10.1 Å². The highest BCUT2D eigenvalue weighted by Gasteiger charge is 2.34. The van der Waals surface area contributed by atoms with Crippen LogP contribution in [0.1, 0.15) is 30.9 Å². The van der Waals surface area contributed by atoms with Crippen LogP contribution in [-0.4, -0.2) is 32.9 Å². The van der Waals surface area contributed by atoms with Gasteiger partial charge in [0, 0.05) is 29.5 Å². The van der Waals surface area contributed by atoms with Gasteiger partial charge in [-0.25, -0.2) is 0 Å². The van der Waals surface area contributed by atoms with Crippen molar-refractivity contribution in [1.82, 2.24) is 5.32 Å². The molecule has 3 nitrogen and oxygen atoms in total. The zero-order valence-electron chi connectivity index (χ0n) is 12.7. The predicted molar refractivity (Wildman–Crippen MR) is 88.1 cm³/mol. The van der Waals surface area contributed by atoms with E-state index in [1.54, 1.807) is 0 Å². The summed E-state index contributed by atoms with van der Waals surface area (Å²) in [5.41, 5.74) is 2.88. The fourth-order valence-corrected chi connectivity index (χ4v) is 4.08. The summed E-state index contributed by atoms with van der Waals surface area (Å²) in [5, 5.41) is 3.53. The van der Waals surface area contributed by atoms with Gasteiger partial charge in [0.25, 0.3) is 0 Å². The molecule has 116 valence electrons. The third-order valence-electron chi connectivity index (χ3n) is 4.54. The molecule has 2 aliphatic rings. The molecule has 0 aromatic heterocycles. The first-order valence-corrected chi connectivity index (χ1v) is 8.74. The average Bonchev–Trinajstić information content (AvgIpc) is 2.94. The van der Waals surface area contributed by atoms with Gasteiger partial charge in [-0.05, 0) is 49.1 Å². The summed E-state index contributed by atoms with van der Waals surface area (Å²) in [4.78, 5) is 0. The van der Waals surface area contributed by atoms with Gasteiger partial charge in [0.15, 0.2) is 0 Å². The fourth-order valence-electron chi connectivity index (χ4n) is 3.52. The van der Waals surface area contributed by atoms with Gasteiger partial charge in [0.05, 0.1) is 13.2 Å². The molecule has 2 heterocycles. The summed E-state index contributed by atoms with van der Waals surface area (Å²) >= 11 is 3.65. The standard InChI is InChI=1S/C17H24BrNO2/c1-2-19-11-17(5-3-6-20-12-17)10-14-9-15(18)8-13-4-7-21-16(13)14/h8-9,19H,2-7,10-12H2,1H3. The Morgan fingerprint density at radius 2 is 2.24 bits per heavy atom. The van der Waals surface area contributed by atoms with Crippen LogP contribution in [0.4, 0.5) is 0 Å². The largest absolute Gasteiger partial charge is 0.493 e. The quantitative estimate of drug-likeness (QED) is 0.880. The van der Waals surface area contributed by atoms with E-state index in [0.29, 0.717) is 0 Å². The van der Waals surface area contributed by atoms with E-state index in [1.807, 2.05) is 0 Å². The number of halogens is 1. The van der Waals surface area contributed by atoms with Crippen LogP contribution in [0.15, 0.2) is 16.6 Å². The highest BCUT2D eigenvalue weighted by atomic mass is 79.9. The molecule has 0 bridgehead atoms. The SMILES string of the molecule is CCNCC1(Cc2cc(Br)cc3c2OCC3)CCCOC1. The Hall–Kier alpha value is -0.580. The second-order valence-electron chi connectivity index (χ2n) is 6.26. The van der Waals surface area contributed by atoms with E-state index in [-0.39, 0.29) is 5.41 Å². The van der Waals surface area contributed by atoms with E-state index in [0.717, 1.165) is 62.4 Å². The molecule has 3 rings (SSSR count). The summed E-state index contributed by atoms with van der Waals surface area (Å²) in [6, 6.07) is 4.42. The molecule has 4 heteroatoms. The Morgan fingerprint density at radius 1 is 1.33 bits per heavy atom. The molecular weight excluding hydrogens is 330 g/mol. The highest BCUT2D eigenvalue weighted by molar-refractivity contribution is 9.10. The molecule has 1 N–H and O–H groups in total. The Labute approximate surface area is 135 Å². The van der Waals surface area contributed by atoms with Crippen molar-refractivity contribution in [1.29, 1.82) is 0 Å². The van der Waals surface area contributed by atoms with Crippen LogP contribution in [0.2, 0.25) is 0 Å². The first-order chi connectivity index (χ1) is 10.2. The lowest BCUT2D eigenvalue weighted by Gasteiger charge is -2.37. The first kappa shape index (κ1) is 15.3. The second kappa shape index (κ2) is 6.67. The lowest BCUT2D eigenvalue weighted by molar-refractivity contribution is -0.00715. The van der Waals surface area contributed by atoms with Crippen molar-refractivity contribution in [3.63, 3.8) is 0 Å². The molecule has 1 unspecified atom stereocenters. The van der Waals surface area contributed by atoms with Crippen LogP contribution in [0.5, 0.6) is 5.75 Å². The summed E-state index contributed by atoms with van der Waals surface area (Å²) < 4.78 is 12.9.